The number of anilines is 1. The Kier molecular flexibility index (Phi) is 2.17. The Morgan fingerprint density at radius 2 is 2.47 bits per heavy atom. The van der Waals surface area contributed by atoms with Crippen molar-refractivity contribution in [3.8, 4) is 0 Å². The molecule has 0 fully saturated rings. The summed E-state index contributed by atoms with van der Waals surface area (Å²) in [6, 6.07) is 0. The number of ether oxygens (including phenoxy) is 1. The van der Waals surface area contributed by atoms with Gasteiger partial charge in [-0.2, -0.15) is 0 Å². The van der Waals surface area contributed by atoms with Crippen molar-refractivity contribution in [1.29, 1.82) is 0 Å². The minimum Gasteiger partial charge on any atom is -0.382 e. The molecular weight excluding hydrogens is 273 g/mol. The van der Waals surface area contributed by atoms with Crippen molar-refractivity contribution in [1.82, 2.24) is 19.5 Å². The number of rotatable bonds is 5. The number of hydrogen-bond donors (Lipinski definition) is 3. The van der Waals surface area contributed by atoms with Crippen molar-refractivity contribution in [2.45, 2.75) is 19.4 Å². The molecule has 4 N–H and O–H groups in total. The molecule has 0 bridgehead atoms. The fraction of sp³-hybridized carbons (Fsp3) is 0.444. The molecule has 0 amide bonds. The smallest absolute Gasteiger partial charge is 0.350 e. The number of imidazole rings is 1. The van der Waals surface area contributed by atoms with Crippen LogP contribution in [0.4, 0.5) is 5.82 Å². The van der Waals surface area contributed by atoms with Crippen LogP contribution in [-0.4, -0.2) is 41.7 Å². The predicted octanol–water partition coefficient (Wildman–Crippen LogP) is -0.0512. The first-order valence-corrected chi connectivity index (χ1v) is 6.63. The maximum Gasteiger partial charge on any atom is 0.350 e. The minimum atomic E-state index is -4.86. The predicted molar refractivity (Wildman–Crippen MR) is 67.2 cm³/mol. The highest BCUT2D eigenvalue weighted by molar-refractivity contribution is 7.51. The average molecular weight is 293 g/mol. The number of fused-ring (bicyclic) bond motifs is 1. The van der Waals surface area contributed by atoms with Gasteiger partial charge in [0.05, 0.1) is 23.0 Å². The Hall–Kier alpha value is -1.54. The van der Waals surface area contributed by atoms with E-state index < -0.39 is 33.4 Å². The summed E-state index contributed by atoms with van der Waals surface area (Å²) in [5.74, 6) is -0.0971. The molecule has 19 heavy (non-hydrogen) atoms. The Morgan fingerprint density at radius 3 is 3.16 bits per heavy atom. The molecule has 2 heterocycles. The second-order valence-electron chi connectivity index (χ2n) is 3.42. The summed E-state index contributed by atoms with van der Waals surface area (Å²) in [6.45, 7) is -6.57. The highest BCUT2D eigenvalue weighted by Crippen LogP contribution is 2.34. The van der Waals surface area contributed by atoms with Gasteiger partial charge in [0.1, 0.15) is 18.2 Å². The van der Waals surface area contributed by atoms with Crippen molar-refractivity contribution in [2.75, 3.05) is 12.1 Å². The maximum absolute atomic E-state index is 11.0. The first-order valence-electron chi connectivity index (χ1n) is 7.83. The molecule has 10 heteroatoms. The van der Waals surface area contributed by atoms with Crippen LogP contribution in [0.2, 0.25) is 0 Å². The molecule has 0 spiro atoms. The molecule has 0 aliphatic carbocycles. The van der Waals surface area contributed by atoms with Gasteiger partial charge in [-0.3, -0.25) is 4.57 Å². The van der Waals surface area contributed by atoms with Gasteiger partial charge in [0.2, 0.25) is 0 Å². The number of hydrogen-bond acceptors (Lipinski definition) is 6. The van der Waals surface area contributed by atoms with Crippen LogP contribution in [0.3, 0.4) is 0 Å². The van der Waals surface area contributed by atoms with Crippen molar-refractivity contribution in [3.63, 3.8) is 0 Å². The van der Waals surface area contributed by atoms with E-state index in [0.29, 0.717) is 4.57 Å². The van der Waals surface area contributed by atoms with E-state index in [1.54, 1.807) is 0 Å². The third kappa shape index (κ3) is 3.48. The Balaban J connectivity index is 2.61. The molecule has 1 atom stereocenters. The Morgan fingerprint density at radius 1 is 1.68 bits per heavy atom. The van der Waals surface area contributed by atoms with Gasteiger partial charge in [-0.15, -0.1) is 0 Å². The molecule has 0 saturated carbocycles. The fourth-order valence-electron chi connectivity index (χ4n) is 1.23. The lowest BCUT2D eigenvalue weighted by atomic mass is 10.4. The lowest BCUT2D eigenvalue weighted by Crippen LogP contribution is -2.17. The normalized spacial score (nSPS) is 21.6. The van der Waals surface area contributed by atoms with Crippen molar-refractivity contribution in [2.24, 2.45) is 0 Å². The van der Waals surface area contributed by atoms with Crippen LogP contribution in [0, 0.1) is 0 Å². The van der Waals surface area contributed by atoms with E-state index >= 15 is 0 Å². The molecule has 9 nitrogen and oxygen atoms in total. The lowest BCUT2D eigenvalue weighted by molar-refractivity contribution is 0.0764. The van der Waals surface area contributed by atoms with Crippen LogP contribution in [0.5, 0.6) is 0 Å². The van der Waals surface area contributed by atoms with Gasteiger partial charge in [-0.25, -0.2) is 15.0 Å². The summed E-state index contributed by atoms with van der Waals surface area (Å²) in [5.41, 5.74) is 5.34. The van der Waals surface area contributed by atoms with Crippen LogP contribution in [0.25, 0.3) is 11.2 Å². The third-order valence-electron chi connectivity index (χ3n) is 1.96. The van der Waals surface area contributed by atoms with E-state index in [1.165, 1.54) is 0 Å². The van der Waals surface area contributed by atoms with Gasteiger partial charge >= 0.3 is 7.60 Å². The van der Waals surface area contributed by atoms with E-state index in [-0.39, 0.29) is 17.0 Å². The quantitative estimate of drug-likeness (QED) is 0.652. The van der Waals surface area contributed by atoms with Gasteiger partial charge in [0.15, 0.2) is 11.5 Å². The second kappa shape index (κ2) is 5.22. The first-order chi connectivity index (χ1) is 11.2. The molecular formula is C9H14N5O4P. The summed E-state index contributed by atoms with van der Waals surface area (Å²) in [6.07, 6.45) is -3.00. The molecule has 0 radical (unpaired) electrons. The summed E-state index contributed by atoms with van der Waals surface area (Å²) >= 11 is 0. The number of nitrogen functional groups attached to an aromatic ring is 1. The Labute approximate surface area is 117 Å². The average Bonchev–Trinajstić information content (AvgIpc) is 2.88. The molecule has 0 aliphatic rings. The first kappa shape index (κ1) is 7.91. The standard InChI is InChI=1S/C9H14N5O4P/c1-6(18-5-19(15,16)17)2-14-4-13-7-8(10)11-3-12-9(7)14/h3-4,6H,2,5H2,1H3,(H2,10,11,12)(H2,15,16,17)/i1D3,2D2,6D. The Bertz CT molecular complexity index is 837. The van der Waals surface area contributed by atoms with Crippen molar-refractivity contribution in [3.05, 3.63) is 12.7 Å². The maximum atomic E-state index is 11.0. The van der Waals surface area contributed by atoms with Crippen LogP contribution in [0.15, 0.2) is 12.7 Å². The van der Waals surface area contributed by atoms with Gasteiger partial charge in [-0.05, 0) is 6.85 Å². The minimum absolute atomic E-state index is 0.0331. The number of nitrogens with zero attached hydrogens (tertiary/aromatic N) is 4. The second-order valence-corrected chi connectivity index (χ2v) is 5.01. The van der Waals surface area contributed by atoms with E-state index in [9.17, 15) is 4.57 Å². The summed E-state index contributed by atoms with van der Waals surface area (Å²) in [5, 5.41) is 0. The van der Waals surface area contributed by atoms with E-state index in [4.69, 9.17) is 23.7 Å². The summed E-state index contributed by atoms with van der Waals surface area (Å²) < 4.78 is 62.7. The molecule has 104 valence electrons. The zero-order valence-electron chi connectivity index (χ0n) is 15.4. The van der Waals surface area contributed by atoms with Gasteiger partial charge in [-0.1, -0.05) is 0 Å². The molecule has 0 aromatic carbocycles. The van der Waals surface area contributed by atoms with E-state index in [1.807, 2.05) is 0 Å². The molecule has 2 aromatic rings. The molecule has 2 rings (SSSR count). The van der Waals surface area contributed by atoms with Crippen molar-refractivity contribution >= 4 is 24.6 Å². The van der Waals surface area contributed by atoms with Crippen LogP contribution >= 0.6 is 7.60 Å². The highest BCUT2D eigenvalue weighted by Gasteiger charge is 2.16. The van der Waals surface area contributed by atoms with E-state index in [2.05, 4.69) is 19.7 Å². The van der Waals surface area contributed by atoms with E-state index in [0.717, 1.165) is 12.7 Å². The fourth-order valence-corrected chi connectivity index (χ4v) is 1.52. The zero-order valence-corrected chi connectivity index (χ0v) is 10.3. The van der Waals surface area contributed by atoms with Gasteiger partial charge in [0.25, 0.3) is 0 Å². The lowest BCUT2D eigenvalue weighted by Gasteiger charge is -2.14. The third-order valence-corrected chi connectivity index (χ3v) is 2.43. The SMILES string of the molecule is [2H]C([2H])([2H])C([2H])(OCP(=O)(O)O)C([2H])([2H])n1cnc2c(N)ncnc21. The van der Waals surface area contributed by atoms with Crippen LogP contribution in [0.1, 0.15) is 15.1 Å². The van der Waals surface area contributed by atoms with Crippen LogP contribution < -0.4 is 5.73 Å². The van der Waals surface area contributed by atoms with Crippen LogP contribution in [-0.2, 0) is 15.8 Å². The summed E-state index contributed by atoms with van der Waals surface area (Å²) in [4.78, 5) is 29.0. The molecule has 0 saturated heterocycles. The zero-order chi connectivity index (χ0) is 19.3. The molecule has 2 aromatic heterocycles. The van der Waals surface area contributed by atoms with Crippen molar-refractivity contribution < 1.29 is 27.3 Å². The highest BCUT2D eigenvalue weighted by atomic mass is 31.2. The number of aromatic nitrogens is 4. The monoisotopic (exact) mass is 293 g/mol. The summed E-state index contributed by atoms with van der Waals surface area (Å²) in [7, 11) is -4.86. The van der Waals surface area contributed by atoms with Gasteiger partial charge < -0.3 is 24.8 Å². The molecule has 1 unspecified atom stereocenters. The topological polar surface area (TPSA) is 136 Å². The van der Waals surface area contributed by atoms with Gasteiger partial charge in [0, 0.05) is 4.11 Å². The largest absolute Gasteiger partial charge is 0.382 e. The molecule has 0 aliphatic heterocycles. The number of nitrogens with two attached hydrogens (primary N) is 1.